The fraction of sp³-hybridized carbons (Fsp3) is 0.500. The third kappa shape index (κ3) is 4.20. The monoisotopic (exact) mass is 260 g/mol. The number of ether oxygens (including phenoxy) is 1. The molecule has 0 saturated heterocycles. The molecule has 17 heavy (non-hydrogen) atoms. The number of esters is 1. The van der Waals surface area contributed by atoms with Crippen LogP contribution in [0.5, 0.6) is 0 Å². The molecule has 6 nitrogen and oxygen atoms in total. The van der Waals surface area contributed by atoms with Gasteiger partial charge in [0, 0.05) is 6.20 Å². The number of hydrogen-bond acceptors (Lipinski definition) is 4. The van der Waals surface area contributed by atoms with Gasteiger partial charge in [-0.05, 0) is 18.4 Å². The highest BCUT2D eigenvalue weighted by Crippen LogP contribution is 2.10. The maximum absolute atomic E-state index is 11.5. The van der Waals surface area contributed by atoms with Crippen LogP contribution in [0, 0.1) is 5.92 Å². The summed E-state index contributed by atoms with van der Waals surface area (Å²) in [5.41, 5.74) is 0.0813. The normalized spacial score (nSPS) is 11.8. The van der Waals surface area contributed by atoms with Crippen molar-refractivity contribution in [3.8, 4) is 0 Å². The molecule has 1 aromatic heterocycles. The van der Waals surface area contributed by atoms with E-state index in [0.29, 0.717) is 12.5 Å². The largest absolute Gasteiger partial charge is 0.461 e. The first kappa shape index (κ1) is 13.7. The lowest BCUT2D eigenvalue weighted by molar-refractivity contribution is 0.0482. The van der Waals surface area contributed by atoms with Crippen molar-refractivity contribution < 1.29 is 17.9 Å². The minimum Gasteiger partial charge on any atom is -0.461 e. The van der Waals surface area contributed by atoms with Gasteiger partial charge in [0.2, 0.25) is 10.0 Å². The van der Waals surface area contributed by atoms with Crippen LogP contribution < -0.4 is 5.14 Å². The van der Waals surface area contributed by atoms with Crippen LogP contribution in [0.15, 0.2) is 17.2 Å². The Morgan fingerprint density at radius 3 is 2.65 bits per heavy atom. The molecule has 0 amide bonds. The first-order chi connectivity index (χ1) is 7.80. The number of sulfonamides is 1. The molecule has 0 aliphatic carbocycles. The molecule has 0 saturated carbocycles. The third-order valence-corrected chi connectivity index (χ3v) is 3.03. The lowest BCUT2D eigenvalue weighted by Crippen LogP contribution is -2.11. The predicted molar refractivity (Wildman–Crippen MR) is 61.9 cm³/mol. The van der Waals surface area contributed by atoms with Gasteiger partial charge in [0.15, 0.2) is 0 Å². The van der Waals surface area contributed by atoms with Crippen LogP contribution in [0.3, 0.4) is 0 Å². The van der Waals surface area contributed by atoms with E-state index in [9.17, 15) is 13.2 Å². The van der Waals surface area contributed by atoms with Crippen molar-refractivity contribution in [1.29, 1.82) is 0 Å². The smallest absolute Gasteiger partial charge is 0.354 e. The van der Waals surface area contributed by atoms with Crippen molar-refractivity contribution in [2.75, 3.05) is 6.61 Å². The number of carbonyl (C=O) groups is 1. The molecule has 1 heterocycles. The van der Waals surface area contributed by atoms with E-state index >= 15 is 0 Å². The highest BCUT2D eigenvalue weighted by Gasteiger charge is 2.15. The maximum atomic E-state index is 11.5. The molecule has 7 heteroatoms. The Kier molecular flexibility index (Phi) is 4.30. The van der Waals surface area contributed by atoms with Gasteiger partial charge in [0.1, 0.15) is 10.6 Å². The summed E-state index contributed by atoms with van der Waals surface area (Å²) in [6.07, 6.45) is 1.92. The fourth-order valence-corrected chi connectivity index (χ4v) is 1.63. The third-order valence-electron chi connectivity index (χ3n) is 2.13. The predicted octanol–water partition coefficient (Wildman–Crippen LogP) is 0.865. The average Bonchev–Trinajstić information content (AvgIpc) is 2.64. The van der Waals surface area contributed by atoms with E-state index in [1.807, 2.05) is 13.8 Å². The molecule has 0 unspecified atom stereocenters. The molecule has 3 N–H and O–H groups in total. The lowest BCUT2D eigenvalue weighted by atomic mass is 10.1. The number of rotatable bonds is 5. The lowest BCUT2D eigenvalue weighted by Gasteiger charge is -2.05. The van der Waals surface area contributed by atoms with E-state index in [1.165, 1.54) is 0 Å². The number of aromatic nitrogens is 1. The molecule has 0 atom stereocenters. The highest BCUT2D eigenvalue weighted by atomic mass is 32.2. The molecule has 0 aromatic carbocycles. The number of H-pyrrole nitrogens is 1. The second kappa shape index (κ2) is 5.33. The zero-order valence-electron chi connectivity index (χ0n) is 9.76. The van der Waals surface area contributed by atoms with Crippen LogP contribution in [0.2, 0.25) is 0 Å². The van der Waals surface area contributed by atoms with Crippen LogP contribution in [0.1, 0.15) is 30.8 Å². The quantitative estimate of drug-likeness (QED) is 0.766. The van der Waals surface area contributed by atoms with Gasteiger partial charge in [-0.15, -0.1) is 0 Å². The van der Waals surface area contributed by atoms with Gasteiger partial charge in [0.05, 0.1) is 6.61 Å². The zero-order valence-corrected chi connectivity index (χ0v) is 10.6. The Morgan fingerprint density at radius 1 is 1.53 bits per heavy atom. The molecule has 0 bridgehead atoms. The summed E-state index contributed by atoms with van der Waals surface area (Å²) in [6.45, 7) is 4.34. The van der Waals surface area contributed by atoms with E-state index in [4.69, 9.17) is 9.88 Å². The second-order valence-electron chi connectivity index (χ2n) is 4.11. The van der Waals surface area contributed by atoms with Crippen molar-refractivity contribution >= 4 is 16.0 Å². The van der Waals surface area contributed by atoms with Crippen LogP contribution in [0.25, 0.3) is 0 Å². The number of nitrogens with one attached hydrogen (secondary N) is 1. The van der Waals surface area contributed by atoms with E-state index in [2.05, 4.69) is 4.98 Å². The van der Waals surface area contributed by atoms with Crippen LogP contribution in [-0.4, -0.2) is 26.0 Å². The van der Waals surface area contributed by atoms with Crippen LogP contribution in [-0.2, 0) is 14.8 Å². The van der Waals surface area contributed by atoms with E-state index in [1.54, 1.807) is 0 Å². The summed E-state index contributed by atoms with van der Waals surface area (Å²) in [6, 6.07) is 1.16. The highest BCUT2D eigenvalue weighted by molar-refractivity contribution is 7.89. The van der Waals surface area contributed by atoms with Gasteiger partial charge < -0.3 is 9.72 Å². The Labute approximate surface area is 100 Å². The molecular formula is C10H16N2O4S. The molecule has 0 radical (unpaired) electrons. The van der Waals surface area contributed by atoms with Gasteiger partial charge in [-0.3, -0.25) is 0 Å². The summed E-state index contributed by atoms with van der Waals surface area (Å²) < 4.78 is 26.9. The Morgan fingerprint density at radius 2 is 2.18 bits per heavy atom. The van der Waals surface area contributed by atoms with Crippen molar-refractivity contribution in [1.82, 2.24) is 4.98 Å². The fourth-order valence-electron chi connectivity index (χ4n) is 1.12. The Hall–Kier alpha value is -1.34. The summed E-state index contributed by atoms with van der Waals surface area (Å²) in [7, 11) is -3.79. The van der Waals surface area contributed by atoms with E-state index in [-0.39, 0.29) is 10.6 Å². The van der Waals surface area contributed by atoms with Gasteiger partial charge in [-0.1, -0.05) is 13.8 Å². The molecular weight excluding hydrogens is 244 g/mol. The topological polar surface area (TPSA) is 102 Å². The van der Waals surface area contributed by atoms with Crippen LogP contribution >= 0.6 is 0 Å². The average molecular weight is 260 g/mol. The molecule has 0 fully saturated rings. The Bertz CT molecular complexity index is 490. The van der Waals surface area contributed by atoms with Gasteiger partial charge in [0.25, 0.3) is 0 Å². The molecule has 1 rings (SSSR count). The zero-order chi connectivity index (χ0) is 13.1. The van der Waals surface area contributed by atoms with Crippen LogP contribution in [0.4, 0.5) is 0 Å². The van der Waals surface area contributed by atoms with Crippen molar-refractivity contribution in [2.24, 2.45) is 11.1 Å². The maximum Gasteiger partial charge on any atom is 0.354 e. The van der Waals surface area contributed by atoms with E-state index in [0.717, 1.165) is 18.7 Å². The number of carbonyl (C=O) groups excluding carboxylic acids is 1. The SMILES string of the molecule is CC(C)CCOC(=O)c1cc(S(N)(=O)=O)c[nH]1. The molecule has 96 valence electrons. The van der Waals surface area contributed by atoms with Gasteiger partial charge in [-0.2, -0.15) is 0 Å². The minimum absolute atomic E-state index is 0.0813. The van der Waals surface area contributed by atoms with E-state index < -0.39 is 16.0 Å². The minimum atomic E-state index is -3.79. The second-order valence-corrected chi connectivity index (χ2v) is 5.67. The summed E-state index contributed by atoms with van der Waals surface area (Å²) in [4.78, 5) is 13.9. The number of primary sulfonamides is 1. The van der Waals surface area contributed by atoms with Crippen molar-refractivity contribution in [3.63, 3.8) is 0 Å². The Balaban J connectivity index is 2.62. The van der Waals surface area contributed by atoms with Crippen molar-refractivity contribution in [2.45, 2.75) is 25.2 Å². The molecule has 1 aromatic rings. The molecule has 0 spiro atoms. The van der Waals surface area contributed by atoms with Crippen molar-refractivity contribution in [3.05, 3.63) is 18.0 Å². The number of aromatic amines is 1. The first-order valence-corrected chi connectivity index (χ1v) is 6.73. The summed E-state index contributed by atoms with van der Waals surface area (Å²) in [5, 5.41) is 4.91. The van der Waals surface area contributed by atoms with Gasteiger partial charge >= 0.3 is 5.97 Å². The number of nitrogens with two attached hydrogens (primary N) is 1. The van der Waals surface area contributed by atoms with Gasteiger partial charge in [-0.25, -0.2) is 18.4 Å². The summed E-state index contributed by atoms with van der Waals surface area (Å²) >= 11 is 0. The standard InChI is InChI=1S/C10H16N2O4S/c1-7(2)3-4-16-10(13)9-5-8(6-12-9)17(11,14)15/h5-7,12H,3-4H2,1-2H3,(H2,11,14,15). The first-order valence-electron chi connectivity index (χ1n) is 5.19. The molecule has 0 aliphatic heterocycles. The summed E-state index contributed by atoms with van der Waals surface area (Å²) in [5.74, 6) is -0.146. The number of hydrogen-bond donors (Lipinski definition) is 2. The molecule has 0 aliphatic rings.